The third-order valence-corrected chi connectivity index (χ3v) is 3.37. The summed E-state index contributed by atoms with van der Waals surface area (Å²) in [4.78, 5) is 14.6. The van der Waals surface area contributed by atoms with Crippen LogP contribution in [-0.2, 0) is 0 Å². The average Bonchev–Trinajstić information content (AvgIpc) is 2.70. The van der Waals surface area contributed by atoms with Crippen LogP contribution in [0.15, 0.2) is 30.3 Å². The number of phenols is 1. The van der Waals surface area contributed by atoms with E-state index in [1.807, 2.05) is 31.2 Å². The molecule has 0 atom stereocenters. The number of fused-ring (bicyclic) bond motifs is 3. The number of rotatable bonds is 1. The normalized spacial score (nSPS) is 11.2. The fourth-order valence-corrected chi connectivity index (χ4v) is 2.41. The predicted molar refractivity (Wildman–Crippen MR) is 72.2 cm³/mol. The molecule has 0 saturated carbocycles. The molecular formula is C15H13NO2. The number of phenolic OH excluding ortho intramolecular Hbond substituents is 1. The highest BCUT2D eigenvalue weighted by Gasteiger charge is 2.14. The Morgan fingerprint density at radius 2 is 1.83 bits per heavy atom. The number of aryl methyl sites for hydroxylation is 1. The summed E-state index contributed by atoms with van der Waals surface area (Å²) < 4.78 is 0. The van der Waals surface area contributed by atoms with E-state index in [2.05, 4.69) is 4.98 Å². The van der Waals surface area contributed by atoms with Crippen molar-refractivity contribution >= 4 is 27.6 Å². The topological polar surface area (TPSA) is 53.1 Å². The molecule has 2 aromatic carbocycles. The Balaban J connectivity index is 2.50. The summed E-state index contributed by atoms with van der Waals surface area (Å²) in [6.45, 7) is 3.47. The highest BCUT2D eigenvalue weighted by Crippen LogP contribution is 2.34. The van der Waals surface area contributed by atoms with E-state index in [-0.39, 0.29) is 11.5 Å². The third-order valence-electron chi connectivity index (χ3n) is 3.37. The van der Waals surface area contributed by atoms with Crippen molar-refractivity contribution in [2.75, 3.05) is 0 Å². The number of Topliss-reactive ketones (excluding diaryl/α,β-unsaturated/α-hetero) is 1. The number of hydrogen-bond acceptors (Lipinski definition) is 2. The van der Waals surface area contributed by atoms with Crippen LogP contribution in [0.5, 0.6) is 5.75 Å². The van der Waals surface area contributed by atoms with Gasteiger partial charge in [-0.1, -0.05) is 24.3 Å². The molecule has 3 heteroatoms. The predicted octanol–water partition coefficient (Wildman–Crippen LogP) is 3.54. The van der Waals surface area contributed by atoms with Crippen molar-refractivity contribution in [1.82, 2.24) is 4.98 Å². The molecule has 0 saturated heterocycles. The third kappa shape index (κ3) is 1.34. The van der Waals surface area contributed by atoms with Crippen molar-refractivity contribution in [3.8, 4) is 5.75 Å². The van der Waals surface area contributed by atoms with Crippen molar-refractivity contribution in [3.05, 3.63) is 41.5 Å². The molecule has 0 unspecified atom stereocenters. The first-order chi connectivity index (χ1) is 8.59. The van der Waals surface area contributed by atoms with Crippen LogP contribution in [0.1, 0.15) is 22.8 Å². The molecule has 0 aliphatic heterocycles. The van der Waals surface area contributed by atoms with E-state index in [0.717, 1.165) is 21.9 Å². The zero-order chi connectivity index (χ0) is 12.9. The molecule has 2 N–H and O–H groups in total. The number of carbonyl (C=O) groups excluding carboxylic acids is 1. The van der Waals surface area contributed by atoms with E-state index in [0.29, 0.717) is 11.1 Å². The number of H-pyrrole nitrogens is 1. The first kappa shape index (κ1) is 10.8. The van der Waals surface area contributed by atoms with Gasteiger partial charge in [-0.3, -0.25) is 4.79 Å². The zero-order valence-electron chi connectivity index (χ0n) is 10.2. The molecule has 0 radical (unpaired) electrons. The molecule has 90 valence electrons. The SMILES string of the molecule is CC(=O)c1ccc2c([nH]c3c(C)cccc32)c1O. The number of ketones is 1. The van der Waals surface area contributed by atoms with E-state index in [4.69, 9.17) is 0 Å². The second-order valence-corrected chi connectivity index (χ2v) is 4.56. The Morgan fingerprint density at radius 3 is 2.56 bits per heavy atom. The van der Waals surface area contributed by atoms with Crippen molar-refractivity contribution in [2.24, 2.45) is 0 Å². The molecule has 0 fully saturated rings. The Hall–Kier alpha value is -2.29. The van der Waals surface area contributed by atoms with Gasteiger partial charge in [0, 0.05) is 16.3 Å². The molecule has 1 aromatic heterocycles. The van der Waals surface area contributed by atoms with Gasteiger partial charge in [0.25, 0.3) is 0 Å². The zero-order valence-corrected chi connectivity index (χ0v) is 10.2. The Morgan fingerprint density at radius 1 is 1.11 bits per heavy atom. The number of nitrogens with one attached hydrogen (secondary N) is 1. The van der Waals surface area contributed by atoms with Crippen molar-refractivity contribution in [3.63, 3.8) is 0 Å². The fourth-order valence-electron chi connectivity index (χ4n) is 2.41. The summed E-state index contributed by atoms with van der Waals surface area (Å²) in [7, 11) is 0. The molecule has 0 bridgehead atoms. The summed E-state index contributed by atoms with van der Waals surface area (Å²) in [5.74, 6) is -0.0969. The van der Waals surface area contributed by atoms with Gasteiger partial charge in [-0.15, -0.1) is 0 Å². The van der Waals surface area contributed by atoms with E-state index in [1.165, 1.54) is 6.92 Å². The van der Waals surface area contributed by atoms with Crippen LogP contribution in [-0.4, -0.2) is 15.9 Å². The molecule has 18 heavy (non-hydrogen) atoms. The van der Waals surface area contributed by atoms with E-state index < -0.39 is 0 Å². The summed E-state index contributed by atoms with van der Waals surface area (Å²) in [5.41, 5.74) is 3.11. The standard InChI is InChI=1S/C15H13NO2/c1-8-4-3-5-11-12-7-6-10(9(2)17)15(18)14(12)16-13(8)11/h3-7,16,18H,1-2H3. The van der Waals surface area contributed by atoms with Gasteiger partial charge in [0.15, 0.2) is 5.78 Å². The lowest BCUT2D eigenvalue weighted by molar-refractivity contribution is 0.101. The highest BCUT2D eigenvalue weighted by atomic mass is 16.3. The molecule has 3 aromatic rings. The minimum absolute atomic E-state index is 0.0376. The van der Waals surface area contributed by atoms with Gasteiger partial charge in [0.1, 0.15) is 5.75 Å². The molecule has 3 rings (SSSR count). The van der Waals surface area contributed by atoms with Crippen molar-refractivity contribution in [1.29, 1.82) is 0 Å². The maximum atomic E-state index is 11.4. The van der Waals surface area contributed by atoms with Crippen molar-refractivity contribution in [2.45, 2.75) is 13.8 Å². The first-order valence-electron chi connectivity index (χ1n) is 5.83. The van der Waals surface area contributed by atoms with Crippen LogP contribution < -0.4 is 0 Å². The van der Waals surface area contributed by atoms with Gasteiger partial charge in [-0.05, 0) is 25.5 Å². The summed E-state index contributed by atoms with van der Waals surface area (Å²) in [6.07, 6.45) is 0. The minimum atomic E-state index is -0.134. The number of hydrogen-bond donors (Lipinski definition) is 2. The summed E-state index contributed by atoms with van der Waals surface area (Å²) in [5, 5.41) is 12.2. The van der Waals surface area contributed by atoms with Crippen LogP contribution in [0, 0.1) is 6.92 Å². The van der Waals surface area contributed by atoms with Gasteiger partial charge in [-0.2, -0.15) is 0 Å². The van der Waals surface area contributed by atoms with Crippen LogP contribution >= 0.6 is 0 Å². The molecular weight excluding hydrogens is 226 g/mol. The molecule has 0 spiro atoms. The number of carbonyl (C=O) groups is 1. The molecule has 1 heterocycles. The van der Waals surface area contributed by atoms with Gasteiger partial charge >= 0.3 is 0 Å². The van der Waals surface area contributed by atoms with Gasteiger partial charge in [0.05, 0.1) is 11.1 Å². The lowest BCUT2D eigenvalue weighted by atomic mass is 10.1. The number of aromatic amines is 1. The van der Waals surface area contributed by atoms with Crippen LogP contribution in [0.4, 0.5) is 0 Å². The van der Waals surface area contributed by atoms with Crippen LogP contribution in [0.3, 0.4) is 0 Å². The van der Waals surface area contributed by atoms with Gasteiger partial charge < -0.3 is 10.1 Å². The Kier molecular flexibility index (Phi) is 2.17. The quantitative estimate of drug-likeness (QED) is 0.638. The van der Waals surface area contributed by atoms with Gasteiger partial charge in [-0.25, -0.2) is 0 Å². The number of aromatic nitrogens is 1. The fraction of sp³-hybridized carbons (Fsp3) is 0.133. The smallest absolute Gasteiger partial charge is 0.163 e. The van der Waals surface area contributed by atoms with Crippen LogP contribution in [0.2, 0.25) is 0 Å². The number of aromatic hydroxyl groups is 1. The molecule has 0 aliphatic carbocycles. The summed E-state index contributed by atoms with van der Waals surface area (Å²) in [6, 6.07) is 9.56. The maximum Gasteiger partial charge on any atom is 0.163 e. The monoisotopic (exact) mass is 239 g/mol. The summed E-state index contributed by atoms with van der Waals surface area (Å²) >= 11 is 0. The van der Waals surface area contributed by atoms with E-state index in [1.54, 1.807) is 6.07 Å². The second-order valence-electron chi connectivity index (χ2n) is 4.56. The Bertz CT molecular complexity index is 784. The largest absolute Gasteiger partial charge is 0.505 e. The van der Waals surface area contributed by atoms with Crippen molar-refractivity contribution < 1.29 is 9.90 Å². The second kappa shape index (κ2) is 3.60. The van der Waals surface area contributed by atoms with Gasteiger partial charge in [0.2, 0.25) is 0 Å². The lowest BCUT2D eigenvalue weighted by Gasteiger charge is -2.01. The number of benzene rings is 2. The average molecular weight is 239 g/mol. The molecule has 0 aliphatic rings. The minimum Gasteiger partial charge on any atom is -0.505 e. The Labute approximate surface area is 104 Å². The van der Waals surface area contributed by atoms with Crippen LogP contribution in [0.25, 0.3) is 21.8 Å². The molecule has 3 nitrogen and oxygen atoms in total. The maximum absolute atomic E-state index is 11.4. The first-order valence-corrected chi connectivity index (χ1v) is 5.83. The highest BCUT2D eigenvalue weighted by molar-refractivity contribution is 6.13. The molecule has 0 amide bonds. The van der Waals surface area contributed by atoms with E-state index >= 15 is 0 Å². The lowest BCUT2D eigenvalue weighted by Crippen LogP contribution is -1.92. The number of para-hydroxylation sites is 1. The van der Waals surface area contributed by atoms with E-state index in [9.17, 15) is 9.90 Å².